The van der Waals surface area contributed by atoms with Crippen molar-refractivity contribution in [2.45, 2.75) is 0 Å². The zero-order valence-electron chi connectivity index (χ0n) is 13.7. The molecule has 0 aliphatic heterocycles. The predicted molar refractivity (Wildman–Crippen MR) is 109 cm³/mol. The Hall–Kier alpha value is -3.24. The summed E-state index contributed by atoms with van der Waals surface area (Å²) in [5, 5.41) is 16.0. The van der Waals surface area contributed by atoms with Gasteiger partial charge in [-0.2, -0.15) is 0 Å². The van der Waals surface area contributed by atoms with E-state index in [1.807, 2.05) is 48.5 Å². The highest BCUT2D eigenvalue weighted by Crippen LogP contribution is 2.41. The summed E-state index contributed by atoms with van der Waals surface area (Å²) in [7, 11) is 0. The molecule has 0 saturated carbocycles. The van der Waals surface area contributed by atoms with E-state index in [-0.39, 0.29) is 10.6 Å². The van der Waals surface area contributed by atoms with Gasteiger partial charge < -0.3 is 0 Å². The molecule has 0 unspecified atom stereocenters. The number of benzene rings is 4. The van der Waals surface area contributed by atoms with E-state index in [4.69, 9.17) is 0 Å². The molecule has 3 nitrogen and oxygen atoms in total. The minimum absolute atomic E-state index is 0.143. The van der Waals surface area contributed by atoms with Gasteiger partial charge in [-0.25, -0.2) is 0 Å². The number of thiophene rings is 1. The molecule has 0 radical (unpaired) electrons. The van der Waals surface area contributed by atoms with Gasteiger partial charge in [-0.3, -0.25) is 10.1 Å². The van der Waals surface area contributed by atoms with Crippen molar-refractivity contribution in [1.29, 1.82) is 0 Å². The number of fused-ring (bicyclic) bond motifs is 4. The quantitative estimate of drug-likeness (QED) is 0.259. The lowest BCUT2D eigenvalue weighted by Gasteiger charge is -2.08. The van der Waals surface area contributed by atoms with Crippen molar-refractivity contribution in [2.24, 2.45) is 0 Å². The number of rotatable bonds is 2. The number of nitrogens with zero attached hydrogens (tertiary/aromatic N) is 1. The first-order valence-corrected chi connectivity index (χ1v) is 9.12. The maximum atomic E-state index is 11.7. The van der Waals surface area contributed by atoms with Crippen LogP contribution in [-0.2, 0) is 0 Å². The van der Waals surface area contributed by atoms with Crippen molar-refractivity contribution in [2.75, 3.05) is 0 Å². The Morgan fingerprint density at radius 3 is 2.31 bits per heavy atom. The molecule has 5 rings (SSSR count). The highest BCUT2D eigenvalue weighted by Gasteiger charge is 2.19. The lowest BCUT2D eigenvalue weighted by Crippen LogP contribution is -1.93. The third-order valence-electron chi connectivity index (χ3n) is 4.77. The topological polar surface area (TPSA) is 43.1 Å². The summed E-state index contributed by atoms with van der Waals surface area (Å²) < 4.78 is 2.37. The van der Waals surface area contributed by atoms with E-state index >= 15 is 0 Å². The van der Waals surface area contributed by atoms with Gasteiger partial charge in [0.15, 0.2) is 0 Å². The van der Waals surface area contributed by atoms with Crippen molar-refractivity contribution in [1.82, 2.24) is 0 Å². The molecule has 0 spiro atoms. The zero-order valence-corrected chi connectivity index (χ0v) is 14.5. The maximum absolute atomic E-state index is 11.7. The monoisotopic (exact) mass is 355 g/mol. The van der Waals surface area contributed by atoms with Crippen LogP contribution in [0.3, 0.4) is 0 Å². The van der Waals surface area contributed by atoms with E-state index < -0.39 is 0 Å². The first-order valence-electron chi connectivity index (χ1n) is 8.30. The SMILES string of the molecule is O=[N+]([O-])c1ccc2ccccc2c1-c1ccc2c(c1)sc1ccccc12. The maximum Gasteiger partial charge on any atom is 0.277 e. The molecule has 1 aromatic heterocycles. The van der Waals surface area contributed by atoms with Crippen molar-refractivity contribution >= 4 is 48.0 Å². The van der Waals surface area contributed by atoms with Crippen LogP contribution in [0.2, 0.25) is 0 Å². The third-order valence-corrected chi connectivity index (χ3v) is 5.90. The van der Waals surface area contributed by atoms with Gasteiger partial charge in [0.1, 0.15) is 0 Å². The fourth-order valence-corrected chi connectivity index (χ4v) is 4.74. The molecule has 1 heterocycles. The average molecular weight is 355 g/mol. The lowest BCUT2D eigenvalue weighted by atomic mass is 9.96. The standard InChI is InChI=1S/C22H13NO2S/c24-23(25)19-12-10-14-5-1-2-6-16(14)22(19)15-9-11-18-17-7-3-4-8-20(17)26-21(18)13-15/h1-13H. The molecule has 0 bridgehead atoms. The largest absolute Gasteiger partial charge is 0.277 e. The number of hydrogen-bond donors (Lipinski definition) is 0. The highest BCUT2D eigenvalue weighted by atomic mass is 32.1. The lowest BCUT2D eigenvalue weighted by molar-refractivity contribution is -0.384. The minimum Gasteiger partial charge on any atom is -0.258 e. The van der Waals surface area contributed by atoms with Crippen LogP contribution < -0.4 is 0 Å². The number of nitro benzene ring substituents is 1. The Morgan fingerprint density at radius 2 is 1.46 bits per heavy atom. The average Bonchev–Trinajstić information content (AvgIpc) is 3.04. The van der Waals surface area contributed by atoms with Gasteiger partial charge in [0.25, 0.3) is 5.69 Å². The van der Waals surface area contributed by atoms with Gasteiger partial charge in [-0.15, -0.1) is 11.3 Å². The summed E-state index contributed by atoms with van der Waals surface area (Å²) in [5.74, 6) is 0. The molecule has 4 aromatic carbocycles. The summed E-state index contributed by atoms with van der Waals surface area (Å²) in [6.45, 7) is 0. The van der Waals surface area contributed by atoms with Crippen molar-refractivity contribution in [3.63, 3.8) is 0 Å². The highest BCUT2D eigenvalue weighted by molar-refractivity contribution is 7.25. The normalized spacial score (nSPS) is 11.4. The van der Waals surface area contributed by atoms with E-state index in [1.165, 1.54) is 15.5 Å². The van der Waals surface area contributed by atoms with Gasteiger partial charge in [-0.05, 0) is 34.5 Å². The zero-order chi connectivity index (χ0) is 17.7. The van der Waals surface area contributed by atoms with Crippen LogP contribution in [-0.4, -0.2) is 4.92 Å². The first kappa shape index (κ1) is 15.0. The molecular formula is C22H13NO2S. The van der Waals surface area contributed by atoms with Gasteiger partial charge >= 0.3 is 0 Å². The summed E-state index contributed by atoms with van der Waals surface area (Å²) >= 11 is 1.72. The van der Waals surface area contributed by atoms with Crippen molar-refractivity contribution < 1.29 is 4.92 Å². The van der Waals surface area contributed by atoms with Crippen LogP contribution >= 0.6 is 11.3 Å². The Balaban J connectivity index is 1.86. The smallest absolute Gasteiger partial charge is 0.258 e. The second-order valence-electron chi connectivity index (χ2n) is 6.25. The molecule has 5 aromatic rings. The molecule has 0 aliphatic rings. The fourth-order valence-electron chi connectivity index (χ4n) is 3.60. The number of nitro groups is 1. The second kappa shape index (κ2) is 5.64. The first-order chi connectivity index (χ1) is 12.7. The number of hydrogen-bond acceptors (Lipinski definition) is 3. The molecule has 0 amide bonds. The van der Waals surface area contributed by atoms with E-state index in [9.17, 15) is 10.1 Å². The molecule has 0 fully saturated rings. The molecule has 0 N–H and O–H groups in total. The molecule has 124 valence electrons. The molecule has 0 aliphatic carbocycles. The van der Waals surface area contributed by atoms with E-state index in [1.54, 1.807) is 17.4 Å². The molecule has 26 heavy (non-hydrogen) atoms. The Bertz CT molecular complexity index is 1320. The Labute approximate surface area is 153 Å². The van der Waals surface area contributed by atoms with E-state index in [0.29, 0.717) is 5.56 Å². The fraction of sp³-hybridized carbons (Fsp3) is 0. The van der Waals surface area contributed by atoms with Crippen LogP contribution in [0, 0.1) is 10.1 Å². The van der Waals surface area contributed by atoms with Crippen LogP contribution in [0.4, 0.5) is 5.69 Å². The van der Waals surface area contributed by atoms with Gasteiger partial charge in [0.2, 0.25) is 0 Å². The Morgan fingerprint density at radius 1 is 0.731 bits per heavy atom. The molecule has 4 heteroatoms. The molecule has 0 saturated heterocycles. The summed E-state index contributed by atoms with van der Waals surface area (Å²) in [6, 6.07) is 25.7. The van der Waals surface area contributed by atoms with Crippen LogP contribution in [0.25, 0.3) is 42.1 Å². The van der Waals surface area contributed by atoms with Gasteiger partial charge in [0.05, 0.1) is 10.5 Å². The van der Waals surface area contributed by atoms with Crippen molar-refractivity contribution in [3.05, 3.63) is 89.0 Å². The van der Waals surface area contributed by atoms with E-state index in [0.717, 1.165) is 21.0 Å². The Kier molecular flexibility index (Phi) is 3.27. The minimum atomic E-state index is -0.295. The van der Waals surface area contributed by atoms with Gasteiger partial charge in [0, 0.05) is 26.2 Å². The predicted octanol–water partition coefficient (Wildman–Crippen LogP) is 6.78. The van der Waals surface area contributed by atoms with Crippen molar-refractivity contribution in [3.8, 4) is 11.1 Å². The summed E-state index contributed by atoms with van der Waals surface area (Å²) in [4.78, 5) is 11.4. The summed E-state index contributed by atoms with van der Waals surface area (Å²) in [6.07, 6.45) is 0. The van der Waals surface area contributed by atoms with Crippen LogP contribution in [0.5, 0.6) is 0 Å². The van der Waals surface area contributed by atoms with E-state index in [2.05, 4.69) is 24.3 Å². The third kappa shape index (κ3) is 2.20. The summed E-state index contributed by atoms with van der Waals surface area (Å²) in [5.41, 5.74) is 1.71. The molecular weight excluding hydrogens is 342 g/mol. The second-order valence-corrected chi connectivity index (χ2v) is 7.33. The van der Waals surface area contributed by atoms with Gasteiger partial charge in [-0.1, -0.05) is 54.6 Å². The van der Waals surface area contributed by atoms with Crippen LogP contribution in [0.1, 0.15) is 0 Å². The van der Waals surface area contributed by atoms with Crippen LogP contribution in [0.15, 0.2) is 78.9 Å². The molecule has 0 atom stereocenters.